The van der Waals surface area contributed by atoms with Crippen LogP contribution in [-0.2, 0) is 20.9 Å². The number of carbonyl (C=O) groups excluding carboxylic acids is 2. The molecule has 3 atom stereocenters. The van der Waals surface area contributed by atoms with Gasteiger partial charge in [0.25, 0.3) is 5.95 Å². The number of aliphatic carboxylic acids is 1. The summed E-state index contributed by atoms with van der Waals surface area (Å²) < 4.78 is -0.631. The monoisotopic (exact) mass is 341 g/mol. The molecule has 0 unspecified atom stereocenters. The van der Waals surface area contributed by atoms with E-state index in [1.54, 1.807) is 13.8 Å². The van der Waals surface area contributed by atoms with E-state index in [1.165, 1.54) is 16.7 Å². The number of rotatable bonds is 4. The summed E-state index contributed by atoms with van der Waals surface area (Å²) in [4.78, 5) is 37.9. The molecular weight excluding hydrogens is 326 g/mol. The van der Waals surface area contributed by atoms with Crippen LogP contribution in [-0.4, -0.2) is 70.2 Å². The van der Waals surface area contributed by atoms with Crippen molar-refractivity contribution in [1.82, 2.24) is 30.4 Å². The summed E-state index contributed by atoms with van der Waals surface area (Å²) >= 11 is 1.36. The summed E-state index contributed by atoms with van der Waals surface area (Å²) in [5, 5.41) is 22.2. The van der Waals surface area contributed by atoms with E-state index in [9.17, 15) is 19.5 Å². The van der Waals surface area contributed by atoms with E-state index in [1.807, 2.05) is 0 Å². The zero-order valence-electron chi connectivity index (χ0n) is 12.3. The van der Waals surface area contributed by atoms with Crippen LogP contribution in [0.15, 0.2) is 0 Å². The number of fused-ring (bicyclic) bond motifs is 1. The Balaban J connectivity index is 1.66. The highest BCUT2D eigenvalue weighted by atomic mass is 32.2. The number of amides is 2. The summed E-state index contributed by atoms with van der Waals surface area (Å²) in [6.45, 7) is 3.31. The fraction of sp³-hybridized carbons (Fsp3) is 0.636. The van der Waals surface area contributed by atoms with Gasteiger partial charge in [0, 0.05) is 4.75 Å². The number of nitrogens with zero attached hydrogens (tertiary/aromatic N) is 5. The number of carbonyl (C=O) groups is 3. The molecule has 3 rings (SSSR count). The standard InChI is InChI=1S/C11H15N7O4S/c1-11(2)6(9(21)22)18-7(20)5(8(18)23-11)13-4(19)3-17-15-10(12)14-16-17/h5-6,8H,3H2,1-2H3,(H2,12,15)(H,13,19)(H,21,22)/t5-,6+,8-/m1/s1. The number of hydrogen-bond donors (Lipinski definition) is 3. The minimum atomic E-state index is -1.05. The topological polar surface area (TPSA) is 156 Å². The molecule has 124 valence electrons. The van der Waals surface area contributed by atoms with Gasteiger partial charge in [0.2, 0.25) is 11.8 Å². The van der Waals surface area contributed by atoms with Gasteiger partial charge in [-0.05, 0) is 19.1 Å². The Morgan fingerprint density at radius 1 is 1.48 bits per heavy atom. The van der Waals surface area contributed by atoms with Gasteiger partial charge in [0.15, 0.2) is 0 Å². The molecule has 0 spiro atoms. The molecule has 1 aromatic rings. The minimum Gasteiger partial charge on any atom is -0.480 e. The number of carboxylic acid groups (broad SMARTS) is 1. The number of anilines is 1. The van der Waals surface area contributed by atoms with Crippen molar-refractivity contribution in [2.24, 2.45) is 0 Å². The van der Waals surface area contributed by atoms with Gasteiger partial charge in [-0.3, -0.25) is 9.59 Å². The Morgan fingerprint density at radius 3 is 2.74 bits per heavy atom. The summed E-state index contributed by atoms with van der Waals surface area (Å²) in [6, 6.07) is -1.66. The van der Waals surface area contributed by atoms with Gasteiger partial charge in [-0.2, -0.15) is 4.80 Å². The second kappa shape index (κ2) is 5.08. The molecule has 2 fully saturated rings. The molecule has 3 heterocycles. The lowest BCUT2D eigenvalue weighted by atomic mass is 9.96. The van der Waals surface area contributed by atoms with Gasteiger partial charge >= 0.3 is 5.97 Å². The molecule has 11 nitrogen and oxygen atoms in total. The zero-order chi connectivity index (χ0) is 16.9. The fourth-order valence-corrected chi connectivity index (χ4v) is 4.44. The molecule has 23 heavy (non-hydrogen) atoms. The van der Waals surface area contributed by atoms with Gasteiger partial charge < -0.3 is 21.1 Å². The maximum Gasteiger partial charge on any atom is 0.327 e. The molecule has 2 saturated heterocycles. The summed E-state index contributed by atoms with van der Waals surface area (Å²) in [5.74, 6) is -1.98. The average Bonchev–Trinajstić information content (AvgIpc) is 2.95. The first-order chi connectivity index (χ1) is 10.7. The molecule has 0 aliphatic carbocycles. The third kappa shape index (κ3) is 2.48. The van der Waals surface area contributed by atoms with Crippen LogP contribution in [0.25, 0.3) is 0 Å². The van der Waals surface area contributed by atoms with Crippen molar-refractivity contribution in [2.75, 3.05) is 5.73 Å². The molecule has 4 N–H and O–H groups in total. The van der Waals surface area contributed by atoms with E-state index in [2.05, 4.69) is 20.7 Å². The van der Waals surface area contributed by atoms with E-state index < -0.39 is 40.0 Å². The first kappa shape index (κ1) is 15.5. The van der Waals surface area contributed by atoms with Crippen LogP contribution in [0.4, 0.5) is 5.95 Å². The maximum atomic E-state index is 12.2. The van der Waals surface area contributed by atoms with E-state index in [0.717, 1.165) is 4.80 Å². The van der Waals surface area contributed by atoms with E-state index in [-0.39, 0.29) is 12.5 Å². The van der Waals surface area contributed by atoms with Gasteiger partial charge in [0.05, 0.1) is 0 Å². The molecule has 0 saturated carbocycles. The second-order valence-electron chi connectivity index (χ2n) is 5.82. The van der Waals surface area contributed by atoms with Crippen LogP contribution < -0.4 is 11.1 Å². The Kier molecular flexibility index (Phi) is 3.43. The van der Waals surface area contributed by atoms with Crippen LogP contribution in [0, 0.1) is 0 Å². The predicted molar refractivity (Wildman–Crippen MR) is 77.9 cm³/mol. The molecule has 12 heteroatoms. The van der Waals surface area contributed by atoms with Crippen molar-refractivity contribution in [1.29, 1.82) is 0 Å². The predicted octanol–water partition coefficient (Wildman–Crippen LogP) is -2.11. The number of nitrogens with one attached hydrogen (secondary N) is 1. The number of aromatic nitrogens is 4. The maximum absolute atomic E-state index is 12.2. The lowest BCUT2D eigenvalue weighted by Crippen LogP contribution is -2.70. The highest BCUT2D eigenvalue weighted by Crippen LogP contribution is 2.50. The molecular formula is C11H15N7O4S. The number of tetrazole rings is 1. The Bertz CT molecular complexity index is 690. The number of carboxylic acids is 1. The van der Waals surface area contributed by atoms with Crippen molar-refractivity contribution >= 4 is 35.5 Å². The Morgan fingerprint density at radius 2 is 2.17 bits per heavy atom. The number of thioether (sulfide) groups is 1. The van der Waals surface area contributed by atoms with Crippen molar-refractivity contribution in [3.05, 3.63) is 0 Å². The quantitative estimate of drug-likeness (QED) is 0.521. The summed E-state index contributed by atoms with van der Waals surface area (Å²) in [6.07, 6.45) is 0. The third-order valence-electron chi connectivity index (χ3n) is 3.74. The molecule has 2 amide bonds. The van der Waals surface area contributed by atoms with Crippen molar-refractivity contribution < 1.29 is 19.5 Å². The fourth-order valence-electron chi connectivity index (χ4n) is 2.82. The highest BCUT2D eigenvalue weighted by molar-refractivity contribution is 8.01. The molecule has 2 aliphatic rings. The summed E-state index contributed by atoms with van der Waals surface area (Å²) in [5.41, 5.74) is 5.30. The van der Waals surface area contributed by atoms with Crippen LogP contribution in [0.2, 0.25) is 0 Å². The van der Waals surface area contributed by atoms with Crippen LogP contribution in [0.1, 0.15) is 13.8 Å². The number of nitrogens with two attached hydrogens (primary N) is 1. The normalized spacial score (nSPS) is 28.2. The van der Waals surface area contributed by atoms with Crippen molar-refractivity contribution in [3.63, 3.8) is 0 Å². The first-order valence-electron chi connectivity index (χ1n) is 6.76. The van der Waals surface area contributed by atoms with Crippen molar-refractivity contribution in [3.8, 4) is 0 Å². The second-order valence-corrected chi connectivity index (χ2v) is 7.59. The van der Waals surface area contributed by atoms with E-state index >= 15 is 0 Å². The average molecular weight is 341 g/mol. The van der Waals surface area contributed by atoms with Crippen LogP contribution in [0.5, 0.6) is 0 Å². The molecule has 0 aromatic carbocycles. The van der Waals surface area contributed by atoms with E-state index in [0.29, 0.717) is 0 Å². The first-order valence-corrected chi connectivity index (χ1v) is 7.64. The van der Waals surface area contributed by atoms with E-state index in [4.69, 9.17) is 5.73 Å². The molecule has 1 aromatic heterocycles. The number of β-lactam (4-membered cyclic amide) rings is 1. The zero-order valence-corrected chi connectivity index (χ0v) is 13.1. The highest BCUT2D eigenvalue weighted by Gasteiger charge is 2.64. The van der Waals surface area contributed by atoms with Crippen LogP contribution in [0.3, 0.4) is 0 Å². The third-order valence-corrected chi connectivity index (χ3v) is 5.32. The molecule has 0 radical (unpaired) electrons. The Hall–Kier alpha value is -2.37. The van der Waals surface area contributed by atoms with Crippen molar-refractivity contribution in [2.45, 2.75) is 42.6 Å². The van der Waals surface area contributed by atoms with Gasteiger partial charge in [0.1, 0.15) is 24.0 Å². The molecule has 0 bridgehead atoms. The Labute approximate surface area is 134 Å². The molecule has 2 aliphatic heterocycles. The van der Waals surface area contributed by atoms with Gasteiger partial charge in [-0.15, -0.1) is 16.9 Å². The minimum absolute atomic E-state index is 0.0545. The number of nitrogen functional groups attached to an aromatic ring is 1. The lowest BCUT2D eigenvalue weighted by Gasteiger charge is -2.43. The van der Waals surface area contributed by atoms with Crippen LogP contribution >= 0.6 is 11.8 Å². The largest absolute Gasteiger partial charge is 0.480 e. The van der Waals surface area contributed by atoms with Gasteiger partial charge in [-0.25, -0.2) is 4.79 Å². The smallest absolute Gasteiger partial charge is 0.327 e. The SMILES string of the molecule is CC1(C)S[C@@H]2[C@H](NC(=O)Cn3nnc(N)n3)C(=O)N2[C@H]1C(=O)O. The number of hydrogen-bond acceptors (Lipinski definition) is 8. The lowest BCUT2D eigenvalue weighted by molar-refractivity contribution is -0.161. The summed E-state index contributed by atoms with van der Waals surface area (Å²) in [7, 11) is 0. The van der Waals surface area contributed by atoms with Gasteiger partial charge in [-0.1, -0.05) is 5.10 Å².